The zero-order chi connectivity index (χ0) is 22.7. The number of methoxy groups -OCH3 is 1. The van der Waals surface area contributed by atoms with E-state index in [0.29, 0.717) is 42.6 Å². The van der Waals surface area contributed by atoms with Gasteiger partial charge in [-0.3, -0.25) is 14.5 Å². The molecule has 0 radical (unpaired) electrons. The van der Waals surface area contributed by atoms with Crippen molar-refractivity contribution in [2.45, 2.75) is 6.04 Å². The number of nitrogens with zero attached hydrogens (tertiary/aromatic N) is 2. The summed E-state index contributed by atoms with van der Waals surface area (Å²) >= 11 is 6.23. The molecule has 1 N–H and O–H groups in total. The van der Waals surface area contributed by atoms with Crippen molar-refractivity contribution >= 4 is 29.1 Å². The number of carbonyl (C=O) groups is 2. The van der Waals surface area contributed by atoms with E-state index in [-0.39, 0.29) is 11.3 Å². The highest BCUT2D eigenvalue weighted by Gasteiger charge is 2.46. The van der Waals surface area contributed by atoms with Gasteiger partial charge in [-0.1, -0.05) is 41.9 Å². The summed E-state index contributed by atoms with van der Waals surface area (Å²) in [5, 5.41) is 11.4. The maximum absolute atomic E-state index is 13.1. The Kier molecular flexibility index (Phi) is 6.79. The minimum Gasteiger partial charge on any atom is -0.507 e. The summed E-state index contributed by atoms with van der Waals surface area (Å²) in [6.45, 7) is 3.85. The molecular weight excluding hydrogens is 432 g/mol. The molecule has 1 atom stereocenters. The number of aliphatic hydroxyl groups excluding tert-OH is 1. The van der Waals surface area contributed by atoms with E-state index in [1.807, 2.05) is 30.3 Å². The number of amides is 1. The SMILES string of the molecule is COc1ccc(/C(O)=C2\C(=O)C(=O)N(CCN3CCOCC3)[C@H]2c2ccccc2)cc1Cl. The van der Waals surface area contributed by atoms with Crippen molar-refractivity contribution in [2.75, 3.05) is 46.5 Å². The van der Waals surface area contributed by atoms with Crippen molar-refractivity contribution in [3.8, 4) is 5.75 Å². The molecule has 0 spiro atoms. The molecule has 8 heteroatoms. The van der Waals surface area contributed by atoms with E-state index < -0.39 is 17.7 Å². The molecule has 2 saturated heterocycles. The molecule has 0 aromatic heterocycles. The fourth-order valence-electron chi connectivity index (χ4n) is 4.14. The Labute approximate surface area is 191 Å². The third kappa shape index (κ3) is 4.37. The molecular formula is C24H25ClN2O5. The first-order valence-electron chi connectivity index (χ1n) is 10.5. The summed E-state index contributed by atoms with van der Waals surface area (Å²) in [5.41, 5.74) is 1.17. The third-order valence-electron chi connectivity index (χ3n) is 5.84. The lowest BCUT2D eigenvalue weighted by molar-refractivity contribution is -0.140. The summed E-state index contributed by atoms with van der Waals surface area (Å²) in [6, 6.07) is 13.3. The molecule has 2 aromatic carbocycles. The third-order valence-corrected chi connectivity index (χ3v) is 6.14. The van der Waals surface area contributed by atoms with Crippen molar-refractivity contribution in [2.24, 2.45) is 0 Å². The summed E-state index contributed by atoms with van der Waals surface area (Å²) in [6.07, 6.45) is 0. The first-order chi connectivity index (χ1) is 15.5. The number of carbonyl (C=O) groups excluding carboxylic acids is 2. The van der Waals surface area contributed by atoms with E-state index in [2.05, 4.69) is 4.90 Å². The predicted octanol–water partition coefficient (Wildman–Crippen LogP) is 3.10. The van der Waals surface area contributed by atoms with Crippen LogP contribution in [0.5, 0.6) is 5.75 Å². The molecule has 0 saturated carbocycles. The molecule has 0 unspecified atom stereocenters. The fraction of sp³-hybridized carbons (Fsp3) is 0.333. The average Bonchev–Trinajstić information content (AvgIpc) is 3.08. The van der Waals surface area contributed by atoms with Crippen LogP contribution >= 0.6 is 11.6 Å². The van der Waals surface area contributed by atoms with Crippen LogP contribution in [0.2, 0.25) is 5.02 Å². The van der Waals surface area contributed by atoms with Gasteiger partial charge in [-0.25, -0.2) is 0 Å². The van der Waals surface area contributed by atoms with Gasteiger partial charge in [0.25, 0.3) is 11.7 Å². The first kappa shape index (κ1) is 22.3. The van der Waals surface area contributed by atoms with Crippen molar-refractivity contribution in [3.63, 3.8) is 0 Å². The van der Waals surface area contributed by atoms with Crippen LogP contribution < -0.4 is 4.74 Å². The quantitative estimate of drug-likeness (QED) is 0.409. The molecule has 0 bridgehead atoms. The maximum Gasteiger partial charge on any atom is 0.295 e. The van der Waals surface area contributed by atoms with Crippen LogP contribution in [0.3, 0.4) is 0 Å². The first-order valence-corrected chi connectivity index (χ1v) is 10.9. The van der Waals surface area contributed by atoms with Gasteiger partial charge in [-0.15, -0.1) is 0 Å². The summed E-state index contributed by atoms with van der Waals surface area (Å²) in [5.74, 6) is -1.12. The van der Waals surface area contributed by atoms with Gasteiger partial charge < -0.3 is 19.5 Å². The highest BCUT2D eigenvalue weighted by atomic mass is 35.5. The van der Waals surface area contributed by atoms with Gasteiger partial charge in [0.2, 0.25) is 0 Å². The van der Waals surface area contributed by atoms with E-state index in [1.165, 1.54) is 13.2 Å². The number of morpholine rings is 1. The number of rotatable bonds is 6. The second kappa shape index (κ2) is 9.73. The highest BCUT2D eigenvalue weighted by Crippen LogP contribution is 2.40. The number of aliphatic hydroxyl groups is 1. The topological polar surface area (TPSA) is 79.3 Å². The lowest BCUT2D eigenvalue weighted by Gasteiger charge is -2.31. The van der Waals surface area contributed by atoms with E-state index in [0.717, 1.165) is 18.7 Å². The van der Waals surface area contributed by atoms with Crippen molar-refractivity contribution in [1.82, 2.24) is 9.80 Å². The molecule has 2 fully saturated rings. The van der Waals surface area contributed by atoms with Crippen LogP contribution in [-0.4, -0.2) is 73.1 Å². The predicted molar refractivity (Wildman–Crippen MR) is 121 cm³/mol. The van der Waals surface area contributed by atoms with Gasteiger partial charge in [-0.05, 0) is 23.8 Å². The van der Waals surface area contributed by atoms with Crippen molar-refractivity contribution < 1.29 is 24.2 Å². The smallest absolute Gasteiger partial charge is 0.295 e. The van der Waals surface area contributed by atoms with E-state index >= 15 is 0 Å². The number of benzene rings is 2. The van der Waals surface area contributed by atoms with Crippen LogP contribution in [-0.2, 0) is 14.3 Å². The van der Waals surface area contributed by atoms with E-state index in [9.17, 15) is 14.7 Å². The van der Waals surface area contributed by atoms with Gasteiger partial charge >= 0.3 is 0 Å². The minimum absolute atomic E-state index is 0.0596. The fourth-order valence-corrected chi connectivity index (χ4v) is 4.39. The highest BCUT2D eigenvalue weighted by molar-refractivity contribution is 6.46. The molecule has 7 nitrogen and oxygen atoms in total. The molecule has 2 aromatic rings. The molecule has 168 valence electrons. The Morgan fingerprint density at radius 2 is 1.84 bits per heavy atom. The molecule has 4 rings (SSSR count). The number of hydrogen-bond donors (Lipinski definition) is 1. The molecule has 1 amide bonds. The second-order valence-electron chi connectivity index (χ2n) is 7.71. The Balaban J connectivity index is 1.72. The summed E-state index contributed by atoms with van der Waals surface area (Å²) < 4.78 is 10.6. The molecule has 32 heavy (non-hydrogen) atoms. The van der Waals surface area contributed by atoms with Crippen LogP contribution in [0.4, 0.5) is 0 Å². The van der Waals surface area contributed by atoms with Gasteiger partial charge in [0.05, 0.1) is 37.0 Å². The average molecular weight is 457 g/mol. The van der Waals surface area contributed by atoms with Crippen LogP contribution in [0.15, 0.2) is 54.1 Å². The Bertz CT molecular complexity index is 1030. The normalized spacial score (nSPS) is 21.2. The van der Waals surface area contributed by atoms with Crippen molar-refractivity contribution in [3.05, 3.63) is 70.3 Å². The molecule has 2 aliphatic rings. The number of halogens is 1. The number of likely N-dealkylation sites (tertiary alicyclic amines) is 1. The monoisotopic (exact) mass is 456 g/mol. The van der Waals surface area contributed by atoms with Gasteiger partial charge in [0.1, 0.15) is 11.5 Å². The van der Waals surface area contributed by atoms with Crippen molar-refractivity contribution in [1.29, 1.82) is 0 Å². The number of hydrogen-bond acceptors (Lipinski definition) is 6. The number of ketones is 1. The summed E-state index contributed by atoms with van der Waals surface area (Å²) in [4.78, 5) is 29.8. The van der Waals surface area contributed by atoms with Gasteiger partial charge in [0, 0.05) is 31.7 Å². The Hall–Kier alpha value is -2.87. The lowest BCUT2D eigenvalue weighted by Crippen LogP contribution is -2.42. The standard InChI is InChI=1S/C24H25ClN2O5/c1-31-19-8-7-17(15-18(19)25)22(28)20-21(16-5-3-2-4-6-16)27(24(30)23(20)29)10-9-26-11-13-32-14-12-26/h2-8,15,21,28H,9-14H2,1H3/b22-20+/t21-/m0/s1. The van der Waals surface area contributed by atoms with Crippen LogP contribution in [0.1, 0.15) is 17.2 Å². The lowest BCUT2D eigenvalue weighted by atomic mass is 9.95. The van der Waals surface area contributed by atoms with E-state index in [4.69, 9.17) is 21.1 Å². The largest absolute Gasteiger partial charge is 0.507 e. The maximum atomic E-state index is 13.1. The Morgan fingerprint density at radius 1 is 1.12 bits per heavy atom. The van der Waals surface area contributed by atoms with Crippen LogP contribution in [0, 0.1) is 0 Å². The van der Waals surface area contributed by atoms with Gasteiger partial charge in [0.15, 0.2) is 0 Å². The van der Waals surface area contributed by atoms with Crippen LogP contribution in [0.25, 0.3) is 5.76 Å². The molecule has 0 aliphatic carbocycles. The molecule has 2 heterocycles. The summed E-state index contributed by atoms with van der Waals surface area (Å²) in [7, 11) is 1.50. The zero-order valence-corrected chi connectivity index (χ0v) is 18.5. The Morgan fingerprint density at radius 3 is 2.50 bits per heavy atom. The number of ether oxygens (including phenoxy) is 2. The molecule has 2 aliphatic heterocycles. The zero-order valence-electron chi connectivity index (χ0n) is 17.8. The minimum atomic E-state index is -0.703. The second-order valence-corrected chi connectivity index (χ2v) is 8.11. The van der Waals surface area contributed by atoms with E-state index in [1.54, 1.807) is 17.0 Å². The van der Waals surface area contributed by atoms with Gasteiger partial charge in [-0.2, -0.15) is 0 Å². The number of Topliss-reactive ketones (excluding diaryl/α,β-unsaturated/α-hetero) is 1.